The molecule has 4 rings (SSSR count). The SMILES string of the molecule is O=C(O)CCN1C(=O)/C(=C\c2ccc(-c3cc4ccccc4o3)o2)SC1=S. The van der Waals surface area contributed by atoms with Gasteiger partial charge >= 0.3 is 5.97 Å². The van der Waals surface area contributed by atoms with Gasteiger partial charge in [0.25, 0.3) is 5.91 Å². The number of hydrogen-bond donors (Lipinski definition) is 1. The smallest absolute Gasteiger partial charge is 0.305 e. The van der Waals surface area contributed by atoms with Gasteiger partial charge in [0.05, 0.1) is 11.3 Å². The number of amides is 1. The molecular formula is C19H13NO5S2. The zero-order valence-electron chi connectivity index (χ0n) is 13.9. The number of carboxylic acids is 1. The Morgan fingerprint density at radius 2 is 2.00 bits per heavy atom. The summed E-state index contributed by atoms with van der Waals surface area (Å²) in [5, 5.41) is 9.76. The first kappa shape index (κ1) is 17.6. The van der Waals surface area contributed by atoms with Crippen molar-refractivity contribution in [2.45, 2.75) is 6.42 Å². The van der Waals surface area contributed by atoms with E-state index in [-0.39, 0.29) is 18.9 Å². The van der Waals surface area contributed by atoms with Gasteiger partial charge in [-0.3, -0.25) is 14.5 Å². The van der Waals surface area contributed by atoms with Crippen LogP contribution in [0.1, 0.15) is 12.2 Å². The number of furan rings is 2. The highest BCUT2D eigenvalue weighted by atomic mass is 32.2. The number of thioether (sulfide) groups is 1. The van der Waals surface area contributed by atoms with Gasteiger partial charge in [0.2, 0.25) is 0 Å². The van der Waals surface area contributed by atoms with Crippen LogP contribution in [0, 0.1) is 0 Å². The predicted molar refractivity (Wildman–Crippen MR) is 106 cm³/mol. The van der Waals surface area contributed by atoms with Crippen molar-refractivity contribution in [1.29, 1.82) is 0 Å². The summed E-state index contributed by atoms with van der Waals surface area (Å²) in [7, 11) is 0. The monoisotopic (exact) mass is 399 g/mol. The van der Waals surface area contributed by atoms with Crippen molar-refractivity contribution >= 4 is 57.2 Å². The van der Waals surface area contributed by atoms with Crippen molar-refractivity contribution in [3.63, 3.8) is 0 Å². The number of fused-ring (bicyclic) bond motifs is 1. The molecule has 8 heteroatoms. The van der Waals surface area contributed by atoms with Crippen LogP contribution < -0.4 is 0 Å². The summed E-state index contributed by atoms with van der Waals surface area (Å²) in [6.07, 6.45) is 1.45. The molecule has 1 aliphatic heterocycles. The van der Waals surface area contributed by atoms with E-state index in [0.29, 0.717) is 26.5 Å². The van der Waals surface area contributed by atoms with Crippen molar-refractivity contribution in [2.24, 2.45) is 0 Å². The molecule has 3 heterocycles. The van der Waals surface area contributed by atoms with E-state index < -0.39 is 5.97 Å². The first-order valence-electron chi connectivity index (χ1n) is 8.07. The summed E-state index contributed by atoms with van der Waals surface area (Å²) in [5.41, 5.74) is 0.768. The Morgan fingerprint density at radius 3 is 2.78 bits per heavy atom. The average molecular weight is 399 g/mol. The van der Waals surface area contributed by atoms with Crippen LogP contribution in [0.5, 0.6) is 0 Å². The summed E-state index contributed by atoms with van der Waals surface area (Å²) in [5.74, 6) is 0.357. The Balaban J connectivity index is 1.55. The molecular weight excluding hydrogens is 386 g/mol. The maximum Gasteiger partial charge on any atom is 0.305 e. The number of rotatable bonds is 5. The van der Waals surface area contributed by atoms with Crippen molar-refractivity contribution in [3.8, 4) is 11.5 Å². The van der Waals surface area contributed by atoms with Gasteiger partial charge in [-0.1, -0.05) is 42.2 Å². The van der Waals surface area contributed by atoms with E-state index in [4.69, 9.17) is 26.2 Å². The van der Waals surface area contributed by atoms with E-state index in [1.807, 2.05) is 30.3 Å². The molecule has 2 aromatic heterocycles. The molecule has 1 amide bonds. The first-order valence-corrected chi connectivity index (χ1v) is 9.30. The molecule has 6 nitrogen and oxygen atoms in total. The first-order chi connectivity index (χ1) is 13.0. The van der Waals surface area contributed by atoms with Gasteiger partial charge in [-0.15, -0.1) is 0 Å². The van der Waals surface area contributed by atoms with E-state index in [1.54, 1.807) is 18.2 Å². The third-order valence-electron chi connectivity index (χ3n) is 3.99. The van der Waals surface area contributed by atoms with Crippen molar-refractivity contribution in [3.05, 3.63) is 53.1 Å². The molecule has 0 bridgehead atoms. The Morgan fingerprint density at radius 1 is 1.19 bits per heavy atom. The van der Waals surface area contributed by atoms with Gasteiger partial charge in [0.15, 0.2) is 11.5 Å². The van der Waals surface area contributed by atoms with Crippen LogP contribution in [0.3, 0.4) is 0 Å². The minimum absolute atomic E-state index is 0.0553. The summed E-state index contributed by atoms with van der Waals surface area (Å²) >= 11 is 6.30. The second-order valence-corrected chi connectivity index (χ2v) is 7.50. The lowest BCUT2D eigenvalue weighted by molar-refractivity contribution is -0.137. The number of thiocarbonyl (C=S) groups is 1. The number of carbonyl (C=O) groups excluding carboxylic acids is 1. The van der Waals surface area contributed by atoms with Gasteiger partial charge in [0.1, 0.15) is 15.7 Å². The molecule has 1 fully saturated rings. The fourth-order valence-corrected chi connectivity index (χ4v) is 3.98. The molecule has 0 spiro atoms. The number of aliphatic carboxylic acids is 1. The number of para-hydroxylation sites is 1. The summed E-state index contributed by atoms with van der Waals surface area (Å²) in [6, 6.07) is 13.1. The van der Waals surface area contributed by atoms with E-state index in [2.05, 4.69) is 0 Å². The van der Waals surface area contributed by atoms with Crippen molar-refractivity contribution in [1.82, 2.24) is 4.90 Å². The minimum atomic E-state index is -0.977. The topological polar surface area (TPSA) is 83.9 Å². The Hall–Kier alpha value is -2.84. The number of nitrogens with zero attached hydrogens (tertiary/aromatic N) is 1. The summed E-state index contributed by atoms with van der Waals surface area (Å²) in [4.78, 5) is 24.8. The highest BCUT2D eigenvalue weighted by Gasteiger charge is 2.32. The quantitative estimate of drug-likeness (QED) is 0.504. The molecule has 1 saturated heterocycles. The predicted octanol–water partition coefficient (Wildman–Crippen LogP) is 4.37. The fraction of sp³-hybridized carbons (Fsp3) is 0.105. The Bertz CT molecular complexity index is 1060. The Labute approximate surface area is 163 Å². The molecule has 0 radical (unpaired) electrons. The van der Waals surface area contributed by atoms with Gasteiger partial charge in [0, 0.05) is 18.0 Å². The van der Waals surface area contributed by atoms with E-state index in [0.717, 1.165) is 22.7 Å². The van der Waals surface area contributed by atoms with Crippen LogP contribution in [0.15, 0.2) is 56.2 Å². The molecule has 1 N–H and O–H groups in total. The maximum absolute atomic E-state index is 12.4. The van der Waals surface area contributed by atoms with Crippen molar-refractivity contribution in [2.75, 3.05) is 6.54 Å². The van der Waals surface area contributed by atoms with E-state index >= 15 is 0 Å². The second kappa shape index (κ2) is 7.05. The van der Waals surface area contributed by atoms with Crippen LogP contribution >= 0.6 is 24.0 Å². The molecule has 3 aromatic rings. The molecule has 1 aliphatic rings. The normalized spacial score (nSPS) is 16.0. The molecule has 0 atom stereocenters. The molecule has 0 aliphatic carbocycles. The van der Waals surface area contributed by atoms with Gasteiger partial charge in [-0.05, 0) is 24.3 Å². The number of carbonyl (C=O) groups is 2. The molecule has 0 unspecified atom stereocenters. The highest BCUT2D eigenvalue weighted by Crippen LogP contribution is 2.34. The second-order valence-electron chi connectivity index (χ2n) is 5.83. The number of benzene rings is 1. The van der Waals surface area contributed by atoms with Crippen LogP contribution in [0.25, 0.3) is 28.6 Å². The standard InChI is InChI=1S/C19H13NO5S2/c21-17(22)7-8-20-18(23)16(27-19(20)26)10-12-5-6-14(24-12)15-9-11-3-1-2-4-13(11)25-15/h1-6,9-10H,7-8H2,(H,21,22)/b16-10+. The van der Waals surface area contributed by atoms with E-state index in [1.165, 1.54) is 4.90 Å². The zero-order chi connectivity index (χ0) is 19.0. The van der Waals surface area contributed by atoms with Crippen LogP contribution in [-0.2, 0) is 9.59 Å². The number of hydrogen-bond acceptors (Lipinski definition) is 6. The van der Waals surface area contributed by atoms with Gasteiger partial charge in [-0.2, -0.15) is 0 Å². The molecule has 136 valence electrons. The maximum atomic E-state index is 12.4. The summed E-state index contributed by atoms with van der Waals surface area (Å²) < 4.78 is 11.9. The van der Waals surface area contributed by atoms with Crippen LogP contribution in [0.2, 0.25) is 0 Å². The molecule has 1 aromatic carbocycles. The van der Waals surface area contributed by atoms with Gasteiger partial charge in [-0.25, -0.2) is 0 Å². The lowest BCUT2D eigenvalue weighted by Gasteiger charge is -2.12. The number of carboxylic acid groups (broad SMARTS) is 1. The average Bonchev–Trinajstić information content (AvgIpc) is 3.32. The summed E-state index contributed by atoms with van der Waals surface area (Å²) in [6.45, 7) is 0.0553. The molecule has 27 heavy (non-hydrogen) atoms. The van der Waals surface area contributed by atoms with Gasteiger partial charge < -0.3 is 13.9 Å². The van der Waals surface area contributed by atoms with E-state index in [9.17, 15) is 9.59 Å². The van der Waals surface area contributed by atoms with Crippen LogP contribution in [-0.4, -0.2) is 32.7 Å². The lowest BCUT2D eigenvalue weighted by Crippen LogP contribution is -2.30. The lowest BCUT2D eigenvalue weighted by atomic mass is 10.2. The van der Waals surface area contributed by atoms with Crippen molar-refractivity contribution < 1.29 is 23.5 Å². The third kappa shape index (κ3) is 3.54. The zero-order valence-corrected chi connectivity index (χ0v) is 15.5. The largest absolute Gasteiger partial charge is 0.481 e. The third-order valence-corrected chi connectivity index (χ3v) is 5.37. The Kier molecular flexibility index (Phi) is 4.59. The highest BCUT2D eigenvalue weighted by molar-refractivity contribution is 8.26. The van der Waals surface area contributed by atoms with Crippen LogP contribution in [0.4, 0.5) is 0 Å². The molecule has 0 saturated carbocycles. The fourth-order valence-electron chi connectivity index (χ4n) is 2.70. The minimum Gasteiger partial charge on any atom is -0.481 e.